The third kappa shape index (κ3) is 4.45. The third-order valence-electron chi connectivity index (χ3n) is 6.06. The van der Waals surface area contributed by atoms with Crippen LogP contribution in [-0.2, 0) is 11.2 Å². The SMILES string of the molecule is Cc1ccc(/C=C/C(=O)O)c(OCCC2(C)CCc3c(C)c(O)c(C)c(C)c3O2)c1. The van der Waals surface area contributed by atoms with Crippen LogP contribution in [0.5, 0.6) is 17.2 Å². The molecule has 0 fully saturated rings. The molecule has 0 saturated heterocycles. The van der Waals surface area contributed by atoms with E-state index in [1.54, 1.807) is 6.08 Å². The molecule has 160 valence electrons. The summed E-state index contributed by atoms with van der Waals surface area (Å²) in [6.07, 6.45) is 5.05. The minimum absolute atomic E-state index is 0.364. The van der Waals surface area contributed by atoms with Gasteiger partial charge in [0.25, 0.3) is 0 Å². The molecule has 2 N–H and O–H groups in total. The Hall–Kier alpha value is -2.95. The molecular weight excluding hydrogens is 380 g/mol. The van der Waals surface area contributed by atoms with E-state index < -0.39 is 5.97 Å². The van der Waals surface area contributed by atoms with E-state index in [0.29, 0.717) is 24.5 Å². The van der Waals surface area contributed by atoms with E-state index in [-0.39, 0.29) is 5.60 Å². The normalized spacial score (nSPS) is 18.2. The quantitative estimate of drug-likeness (QED) is 0.634. The van der Waals surface area contributed by atoms with Crippen molar-refractivity contribution in [1.29, 1.82) is 0 Å². The molecule has 0 aromatic heterocycles. The van der Waals surface area contributed by atoms with E-state index in [2.05, 4.69) is 6.92 Å². The fourth-order valence-corrected chi connectivity index (χ4v) is 3.91. The number of ether oxygens (including phenoxy) is 2. The lowest BCUT2D eigenvalue weighted by Crippen LogP contribution is -2.38. The van der Waals surface area contributed by atoms with Gasteiger partial charge in [0.15, 0.2) is 0 Å². The van der Waals surface area contributed by atoms with Crippen molar-refractivity contribution >= 4 is 12.0 Å². The second-order valence-corrected chi connectivity index (χ2v) is 8.39. The zero-order valence-electron chi connectivity index (χ0n) is 18.3. The summed E-state index contributed by atoms with van der Waals surface area (Å²) in [6, 6.07) is 5.71. The number of hydrogen-bond acceptors (Lipinski definition) is 4. The number of phenols is 1. The van der Waals surface area contributed by atoms with E-state index in [0.717, 1.165) is 58.0 Å². The van der Waals surface area contributed by atoms with Gasteiger partial charge in [-0.1, -0.05) is 12.1 Å². The number of rotatable bonds is 6. The number of aliphatic carboxylic acids is 1. The molecule has 1 aliphatic heterocycles. The average Bonchev–Trinajstić information content (AvgIpc) is 2.70. The van der Waals surface area contributed by atoms with Gasteiger partial charge in [0.05, 0.1) is 6.61 Å². The largest absolute Gasteiger partial charge is 0.507 e. The van der Waals surface area contributed by atoms with Gasteiger partial charge in [-0.25, -0.2) is 4.79 Å². The van der Waals surface area contributed by atoms with Crippen LogP contribution in [0.2, 0.25) is 0 Å². The number of carboxylic acid groups (broad SMARTS) is 1. The molecule has 0 aliphatic carbocycles. The van der Waals surface area contributed by atoms with Gasteiger partial charge in [-0.15, -0.1) is 0 Å². The number of hydrogen-bond donors (Lipinski definition) is 2. The number of carbonyl (C=O) groups is 1. The Morgan fingerprint density at radius 1 is 1.20 bits per heavy atom. The highest BCUT2D eigenvalue weighted by atomic mass is 16.5. The first-order valence-corrected chi connectivity index (χ1v) is 10.3. The Morgan fingerprint density at radius 3 is 2.63 bits per heavy atom. The summed E-state index contributed by atoms with van der Waals surface area (Å²) >= 11 is 0. The molecule has 0 radical (unpaired) electrons. The molecule has 0 saturated carbocycles. The molecular formula is C25H30O5. The minimum atomic E-state index is -0.990. The van der Waals surface area contributed by atoms with Gasteiger partial charge in [0, 0.05) is 23.6 Å². The van der Waals surface area contributed by atoms with Crippen molar-refractivity contribution in [1.82, 2.24) is 0 Å². The van der Waals surface area contributed by atoms with Gasteiger partial charge in [0.1, 0.15) is 22.8 Å². The highest BCUT2D eigenvalue weighted by Crippen LogP contribution is 2.44. The number of carboxylic acids is 1. The minimum Gasteiger partial charge on any atom is -0.507 e. The van der Waals surface area contributed by atoms with Gasteiger partial charge in [-0.2, -0.15) is 0 Å². The molecule has 2 aromatic carbocycles. The zero-order valence-corrected chi connectivity index (χ0v) is 18.3. The molecule has 3 rings (SSSR count). The van der Waals surface area contributed by atoms with E-state index in [9.17, 15) is 9.90 Å². The van der Waals surface area contributed by atoms with Crippen LogP contribution in [0.3, 0.4) is 0 Å². The van der Waals surface area contributed by atoms with E-state index in [1.165, 1.54) is 0 Å². The second kappa shape index (κ2) is 8.42. The number of aryl methyl sites for hydroxylation is 1. The number of aromatic hydroxyl groups is 1. The fourth-order valence-electron chi connectivity index (χ4n) is 3.91. The van der Waals surface area contributed by atoms with Crippen molar-refractivity contribution in [3.63, 3.8) is 0 Å². The first-order chi connectivity index (χ1) is 14.1. The van der Waals surface area contributed by atoms with Crippen molar-refractivity contribution in [3.05, 3.63) is 57.7 Å². The van der Waals surface area contributed by atoms with Crippen LogP contribution >= 0.6 is 0 Å². The highest BCUT2D eigenvalue weighted by molar-refractivity contribution is 5.85. The van der Waals surface area contributed by atoms with E-state index in [4.69, 9.17) is 14.6 Å². The molecule has 30 heavy (non-hydrogen) atoms. The molecule has 2 aromatic rings. The van der Waals surface area contributed by atoms with Gasteiger partial charge in [0.2, 0.25) is 0 Å². The predicted molar refractivity (Wildman–Crippen MR) is 118 cm³/mol. The van der Waals surface area contributed by atoms with Gasteiger partial charge in [-0.05, 0) is 81.9 Å². The Kier molecular flexibility index (Phi) is 6.11. The molecule has 1 atom stereocenters. The van der Waals surface area contributed by atoms with E-state index >= 15 is 0 Å². The lowest BCUT2D eigenvalue weighted by molar-refractivity contribution is -0.131. The fraction of sp³-hybridized carbons (Fsp3) is 0.400. The van der Waals surface area contributed by atoms with Crippen molar-refractivity contribution < 1.29 is 24.5 Å². The highest BCUT2D eigenvalue weighted by Gasteiger charge is 2.34. The topological polar surface area (TPSA) is 76.0 Å². The Bertz CT molecular complexity index is 1010. The molecule has 0 spiro atoms. The smallest absolute Gasteiger partial charge is 0.328 e. The van der Waals surface area contributed by atoms with Crippen molar-refractivity contribution in [2.45, 2.75) is 59.5 Å². The summed E-state index contributed by atoms with van der Waals surface area (Å²) < 4.78 is 12.5. The summed E-state index contributed by atoms with van der Waals surface area (Å²) in [7, 11) is 0. The van der Waals surface area contributed by atoms with Crippen LogP contribution in [0.1, 0.15) is 53.1 Å². The lowest BCUT2D eigenvalue weighted by atomic mass is 9.86. The Labute approximate surface area is 178 Å². The maximum absolute atomic E-state index is 10.9. The van der Waals surface area contributed by atoms with Crippen molar-refractivity contribution in [2.75, 3.05) is 6.61 Å². The van der Waals surface area contributed by atoms with Crippen molar-refractivity contribution in [3.8, 4) is 17.2 Å². The maximum Gasteiger partial charge on any atom is 0.328 e. The van der Waals surface area contributed by atoms with Crippen LogP contribution in [0.15, 0.2) is 24.3 Å². The van der Waals surface area contributed by atoms with Gasteiger partial charge >= 0.3 is 5.97 Å². The number of benzene rings is 2. The predicted octanol–water partition coefficient (Wildman–Crippen LogP) is 5.28. The summed E-state index contributed by atoms with van der Waals surface area (Å²) in [5, 5.41) is 19.2. The number of phenolic OH excluding ortho intramolecular Hbond substituents is 1. The molecule has 1 aliphatic rings. The van der Waals surface area contributed by atoms with E-state index in [1.807, 2.05) is 45.9 Å². The second-order valence-electron chi connectivity index (χ2n) is 8.39. The molecule has 5 nitrogen and oxygen atoms in total. The molecule has 1 unspecified atom stereocenters. The maximum atomic E-state index is 10.9. The van der Waals surface area contributed by atoms with Gasteiger partial charge < -0.3 is 19.7 Å². The van der Waals surface area contributed by atoms with Crippen LogP contribution < -0.4 is 9.47 Å². The molecule has 0 amide bonds. The number of fused-ring (bicyclic) bond motifs is 1. The summed E-state index contributed by atoms with van der Waals surface area (Å²) in [4.78, 5) is 10.9. The Balaban J connectivity index is 1.74. The molecule has 0 bridgehead atoms. The Morgan fingerprint density at radius 2 is 1.93 bits per heavy atom. The van der Waals surface area contributed by atoms with Crippen molar-refractivity contribution in [2.24, 2.45) is 0 Å². The average molecular weight is 411 g/mol. The van der Waals surface area contributed by atoms with Crippen LogP contribution in [0.25, 0.3) is 6.08 Å². The van der Waals surface area contributed by atoms with Gasteiger partial charge in [-0.3, -0.25) is 0 Å². The third-order valence-corrected chi connectivity index (χ3v) is 6.06. The zero-order chi connectivity index (χ0) is 22.1. The summed E-state index contributed by atoms with van der Waals surface area (Å²) in [6.45, 7) is 10.4. The first-order valence-electron chi connectivity index (χ1n) is 10.3. The van der Waals surface area contributed by atoms with Crippen LogP contribution in [-0.4, -0.2) is 28.4 Å². The lowest BCUT2D eigenvalue weighted by Gasteiger charge is -2.38. The first kappa shape index (κ1) is 21.8. The van der Waals surface area contributed by atoms with Crippen LogP contribution in [0, 0.1) is 27.7 Å². The summed E-state index contributed by atoms with van der Waals surface area (Å²) in [5.74, 6) is 0.927. The standard InChI is InChI=1S/C25H30O5/c1-15-6-7-19(8-9-22(26)27)21(14-15)29-13-12-25(5)11-10-20-18(4)23(28)16(2)17(3)24(20)30-25/h6-9,14,28H,10-13H2,1-5H3,(H,26,27)/b9-8+. The van der Waals surface area contributed by atoms with Crippen LogP contribution in [0.4, 0.5) is 0 Å². The summed E-state index contributed by atoms with van der Waals surface area (Å²) in [5.41, 5.74) is 5.26. The molecule has 5 heteroatoms. The monoisotopic (exact) mass is 410 g/mol. The molecule has 1 heterocycles.